The third kappa shape index (κ3) is 5.29. The predicted molar refractivity (Wildman–Crippen MR) is 79.1 cm³/mol. The Morgan fingerprint density at radius 1 is 1.04 bits per heavy atom. The van der Waals surface area contributed by atoms with Crippen LogP contribution in [0.3, 0.4) is 0 Å². The lowest BCUT2D eigenvalue weighted by Gasteiger charge is -2.23. The molecule has 0 heterocycles. The van der Waals surface area contributed by atoms with Gasteiger partial charge in [0, 0.05) is 0 Å². The fourth-order valence-electron chi connectivity index (χ4n) is 1.43. The lowest BCUT2D eigenvalue weighted by Crippen LogP contribution is -2.34. The molecule has 0 aliphatic heterocycles. The summed E-state index contributed by atoms with van der Waals surface area (Å²) < 4.78 is 35.2. The summed E-state index contributed by atoms with van der Waals surface area (Å²) in [5.74, 6) is -8.25. The van der Waals surface area contributed by atoms with Gasteiger partial charge in [-0.2, -0.15) is 8.78 Å². The molecule has 0 aromatic heterocycles. The van der Waals surface area contributed by atoms with Gasteiger partial charge in [0.15, 0.2) is 6.61 Å². The number of carboxylic acids is 1. The fraction of sp³-hybridized carbons (Fsp3) is 0.438. The second kappa shape index (κ2) is 7.37. The van der Waals surface area contributed by atoms with Gasteiger partial charge in [-0.1, -0.05) is 6.92 Å². The van der Waals surface area contributed by atoms with Gasteiger partial charge in [-0.15, -0.1) is 0 Å². The molecule has 0 atom stereocenters. The van der Waals surface area contributed by atoms with Crippen LogP contribution in [0.25, 0.3) is 0 Å². The Morgan fingerprint density at radius 3 is 1.92 bits per heavy atom. The lowest BCUT2D eigenvalue weighted by atomic mass is 10.1. The lowest BCUT2D eigenvalue weighted by molar-refractivity contribution is -0.170. The van der Waals surface area contributed by atoms with E-state index in [-0.39, 0.29) is 11.1 Å². The molecule has 0 saturated carbocycles. The summed E-state index contributed by atoms with van der Waals surface area (Å²) in [6, 6.07) is 4.99. The number of carboxylic acid groups (broad SMARTS) is 1. The van der Waals surface area contributed by atoms with Crippen LogP contribution >= 0.6 is 0 Å². The summed E-state index contributed by atoms with van der Waals surface area (Å²) in [6.07, 6.45) is 0.612. The molecule has 6 nitrogen and oxygen atoms in total. The van der Waals surface area contributed by atoms with E-state index in [1.54, 1.807) is 13.8 Å². The van der Waals surface area contributed by atoms with E-state index in [1.807, 2.05) is 6.92 Å². The first-order chi connectivity index (χ1) is 11.0. The molecule has 8 heteroatoms. The summed E-state index contributed by atoms with van der Waals surface area (Å²) in [5, 5.41) is 8.24. The molecule has 1 aromatic carbocycles. The summed E-state index contributed by atoms with van der Waals surface area (Å²) in [5.41, 5.74) is -0.552. The van der Waals surface area contributed by atoms with E-state index in [9.17, 15) is 23.2 Å². The van der Waals surface area contributed by atoms with Crippen molar-refractivity contribution in [2.75, 3.05) is 6.61 Å². The summed E-state index contributed by atoms with van der Waals surface area (Å²) >= 11 is 0. The maximum atomic E-state index is 12.8. The number of carbonyl (C=O) groups is 3. The van der Waals surface area contributed by atoms with Crippen LogP contribution in [0.2, 0.25) is 0 Å². The summed E-state index contributed by atoms with van der Waals surface area (Å²) in [7, 11) is 0. The Hall–Kier alpha value is -2.51. The molecule has 0 aliphatic rings. The van der Waals surface area contributed by atoms with Crippen molar-refractivity contribution in [3.8, 4) is 0 Å². The minimum absolute atomic E-state index is 0.0949. The zero-order chi connectivity index (χ0) is 18.5. The van der Waals surface area contributed by atoms with Crippen molar-refractivity contribution < 1.29 is 37.7 Å². The van der Waals surface area contributed by atoms with E-state index < -0.39 is 36.0 Å². The van der Waals surface area contributed by atoms with Crippen molar-refractivity contribution in [1.29, 1.82) is 0 Å². The van der Waals surface area contributed by atoms with E-state index in [4.69, 9.17) is 9.84 Å². The van der Waals surface area contributed by atoms with Gasteiger partial charge in [0.25, 0.3) is 0 Å². The van der Waals surface area contributed by atoms with E-state index in [2.05, 4.69) is 4.74 Å². The molecule has 0 bridgehead atoms. The Morgan fingerprint density at radius 2 is 1.50 bits per heavy atom. The van der Waals surface area contributed by atoms with Crippen LogP contribution in [-0.4, -0.2) is 41.1 Å². The maximum Gasteiger partial charge on any atom is 0.378 e. The zero-order valence-corrected chi connectivity index (χ0v) is 13.5. The first-order valence-corrected chi connectivity index (χ1v) is 7.10. The van der Waals surface area contributed by atoms with Gasteiger partial charge in [0.2, 0.25) is 0 Å². The van der Waals surface area contributed by atoms with Crippen molar-refractivity contribution in [2.45, 2.75) is 38.7 Å². The van der Waals surface area contributed by atoms with Crippen molar-refractivity contribution in [3.05, 3.63) is 35.4 Å². The van der Waals surface area contributed by atoms with Gasteiger partial charge in [-0.25, -0.2) is 14.4 Å². The molecule has 132 valence electrons. The molecular weight excluding hydrogens is 326 g/mol. The average Bonchev–Trinajstić information content (AvgIpc) is 2.52. The van der Waals surface area contributed by atoms with Crippen LogP contribution in [0.4, 0.5) is 8.78 Å². The molecular formula is C16H18F2O6. The standard InChI is InChI=1S/C16H18F2O6/c1-4-15(2,3)24-13(20)11-7-5-10(6-8-11)12(19)23-9-16(17,18)14(21)22/h5-8H,4,9H2,1-3H3,(H,21,22). The number of rotatable bonds is 7. The van der Waals surface area contributed by atoms with Crippen LogP contribution in [-0.2, 0) is 14.3 Å². The van der Waals surface area contributed by atoms with Crippen LogP contribution in [0.15, 0.2) is 24.3 Å². The van der Waals surface area contributed by atoms with E-state index >= 15 is 0 Å². The largest absolute Gasteiger partial charge is 0.477 e. The smallest absolute Gasteiger partial charge is 0.378 e. The number of alkyl halides is 2. The number of hydrogen-bond donors (Lipinski definition) is 1. The second-order valence-electron chi connectivity index (χ2n) is 5.67. The minimum Gasteiger partial charge on any atom is -0.477 e. The normalized spacial score (nSPS) is 11.7. The number of hydrogen-bond acceptors (Lipinski definition) is 5. The first-order valence-electron chi connectivity index (χ1n) is 7.10. The quantitative estimate of drug-likeness (QED) is 0.765. The van der Waals surface area contributed by atoms with Gasteiger partial charge in [-0.05, 0) is 44.5 Å². The van der Waals surface area contributed by atoms with Crippen LogP contribution in [0.1, 0.15) is 47.9 Å². The molecule has 1 aromatic rings. The summed E-state index contributed by atoms with van der Waals surface area (Å²) in [4.78, 5) is 33.8. The Labute approximate surface area is 137 Å². The van der Waals surface area contributed by atoms with Crippen molar-refractivity contribution in [1.82, 2.24) is 0 Å². The highest BCUT2D eigenvalue weighted by molar-refractivity contribution is 5.93. The molecule has 0 saturated heterocycles. The van der Waals surface area contributed by atoms with Gasteiger partial charge >= 0.3 is 23.8 Å². The molecule has 0 unspecified atom stereocenters. The van der Waals surface area contributed by atoms with Crippen molar-refractivity contribution in [3.63, 3.8) is 0 Å². The number of ether oxygens (including phenoxy) is 2. The first kappa shape index (κ1) is 19.5. The zero-order valence-electron chi connectivity index (χ0n) is 13.5. The molecule has 0 radical (unpaired) electrons. The minimum atomic E-state index is -4.16. The highest BCUT2D eigenvalue weighted by Gasteiger charge is 2.40. The Balaban J connectivity index is 2.72. The molecule has 1 rings (SSSR count). The van der Waals surface area contributed by atoms with Crippen molar-refractivity contribution >= 4 is 17.9 Å². The fourth-order valence-corrected chi connectivity index (χ4v) is 1.43. The molecule has 0 spiro atoms. The van der Waals surface area contributed by atoms with Gasteiger partial charge in [-0.3, -0.25) is 0 Å². The Kier molecular flexibility index (Phi) is 6.00. The van der Waals surface area contributed by atoms with Crippen molar-refractivity contribution in [2.24, 2.45) is 0 Å². The monoisotopic (exact) mass is 344 g/mol. The second-order valence-corrected chi connectivity index (χ2v) is 5.67. The van der Waals surface area contributed by atoms with Crippen LogP contribution < -0.4 is 0 Å². The third-order valence-electron chi connectivity index (χ3n) is 3.27. The highest BCUT2D eigenvalue weighted by atomic mass is 19.3. The number of benzene rings is 1. The van der Waals surface area contributed by atoms with Gasteiger partial charge in [0.1, 0.15) is 5.60 Å². The third-order valence-corrected chi connectivity index (χ3v) is 3.27. The molecule has 0 aliphatic carbocycles. The van der Waals surface area contributed by atoms with Crippen LogP contribution in [0.5, 0.6) is 0 Å². The molecule has 24 heavy (non-hydrogen) atoms. The average molecular weight is 344 g/mol. The molecule has 0 fully saturated rings. The van der Waals surface area contributed by atoms with Gasteiger partial charge < -0.3 is 14.6 Å². The van der Waals surface area contributed by atoms with Crippen LogP contribution in [0, 0.1) is 0 Å². The van der Waals surface area contributed by atoms with E-state index in [1.165, 1.54) is 24.3 Å². The summed E-state index contributed by atoms with van der Waals surface area (Å²) in [6.45, 7) is 3.79. The maximum absolute atomic E-state index is 12.8. The number of halogens is 2. The Bertz CT molecular complexity index is 622. The number of esters is 2. The molecule has 1 N–H and O–H groups in total. The topological polar surface area (TPSA) is 89.9 Å². The SMILES string of the molecule is CCC(C)(C)OC(=O)c1ccc(C(=O)OCC(F)(F)C(=O)O)cc1. The number of aliphatic carboxylic acids is 1. The predicted octanol–water partition coefficient (Wildman–Crippen LogP) is 2.91. The number of carbonyl (C=O) groups excluding carboxylic acids is 2. The van der Waals surface area contributed by atoms with Gasteiger partial charge in [0.05, 0.1) is 11.1 Å². The highest BCUT2D eigenvalue weighted by Crippen LogP contribution is 2.18. The van der Waals surface area contributed by atoms with E-state index in [0.717, 1.165) is 0 Å². The van der Waals surface area contributed by atoms with E-state index in [0.29, 0.717) is 6.42 Å². The molecule has 0 amide bonds.